The average molecular weight is 378 g/mol. The van der Waals surface area contributed by atoms with E-state index in [1.54, 1.807) is 0 Å². The quantitative estimate of drug-likeness (QED) is 0.502. The summed E-state index contributed by atoms with van der Waals surface area (Å²) in [5.74, 6) is 0. The molecule has 0 unspecified atom stereocenters. The maximum absolute atomic E-state index is 7.07. The molecule has 0 aromatic heterocycles. The molecule has 4 heteroatoms. The number of hydrogen-bond donors (Lipinski definition) is 0. The third kappa shape index (κ3) is 44.9. The van der Waals surface area contributed by atoms with Crippen LogP contribution in [0.5, 0.6) is 0 Å². The van der Waals surface area contributed by atoms with Gasteiger partial charge >= 0.3 is 26.2 Å². The molecule has 1 radical (unpaired) electrons. The third-order valence-electron chi connectivity index (χ3n) is 2.18. The van der Waals surface area contributed by atoms with Crippen molar-refractivity contribution in [1.29, 1.82) is 0 Å². The summed E-state index contributed by atoms with van der Waals surface area (Å²) in [5, 5.41) is 8.56. The summed E-state index contributed by atoms with van der Waals surface area (Å²) < 4.78 is 0. The molecule has 127 valence electrons. The van der Waals surface area contributed by atoms with E-state index in [0.29, 0.717) is 24.2 Å². The summed E-state index contributed by atoms with van der Waals surface area (Å²) in [5.41, 5.74) is 7.07. The first kappa shape index (κ1) is 29.7. The molecule has 0 saturated carbocycles. The predicted octanol–water partition coefficient (Wildman–Crippen LogP) is 6.58. The standard InChI is InChI=1S/2C6H14N.C5H12N.Zr/c2*1-5(2)7-6(3)4;1-3-5(6)4-2;/h2*5-6H,1-4H3;5-6H,3-4H2,1-2H3;/q3*-1;+3. The second-order valence-electron chi connectivity index (χ2n) is 6.19. The second-order valence-corrected chi connectivity index (χ2v) is 6.19. The first-order valence-electron chi connectivity index (χ1n) is 8.17. The van der Waals surface area contributed by atoms with Crippen LogP contribution < -0.4 is 0 Å². The van der Waals surface area contributed by atoms with Crippen molar-refractivity contribution in [2.45, 2.75) is 112 Å². The first-order valence-corrected chi connectivity index (χ1v) is 8.17. The van der Waals surface area contributed by atoms with Crippen molar-refractivity contribution in [3.05, 3.63) is 16.4 Å². The van der Waals surface area contributed by atoms with E-state index in [2.05, 4.69) is 66.0 Å². The fourth-order valence-corrected chi connectivity index (χ4v) is 1.48. The normalized spacial score (nSPS) is 10.3. The van der Waals surface area contributed by atoms with Crippen LogP contribution in [0.4, 0.5) is 0 Å². The molecule has 0 aliphatic rings. The maximum atomic E-state index is 7.07. The summed E-state index contributed by atoms with van der Waals surface area (Å²) in [6.45, 7) is 20.9. The first-order chi connectivity index (χ1) is 9.06. The molecule has 1 N–H and O–H groups in total. The summed E-state index contributed by atoms with van der Waals surface area (Å²) in [6.07, 6.45) is 1.99. The van der Waals surface area contributed by atoms with Crippen molar-refractivity contribution in [1.82, 2.24) is 0 Å². The molecule has 0 amide bonds. The Morgan fingerprint density at radius 3 is 0.810 bits per heavy atom. The number of nitrogens with zero attached hydrogens (tertiary/aromatic N) is 2. The van der Waals surface area contributed by atoms with Gasteiger partial charge < -0.3 is 16.4 Å². The van der Waals surface area contributed by atoms with Crippen LogP contribution in [0.1, 0.15) is 82.1 Å². The largest absolute Gasteiger partial charge is 3.00 e. The summed E-state index contributed by atoms with van der Waals surface area (Å²) in [4.78, 5) is 0. The van der Waals surface area contributed by atoms with Crippen molar-refractivity contribution < 1.29 is 26.2 Å². The summed E-state index contributed by atoms with van der Waals surface area (Å²) in [6, 6.07) is 2.19. The Labute approximate surface area is 154 Å². The topological polar surface area (TPSA) is 52.0 Å². The summed E-state index contributed by atoms with van der Waals surface area (Å²) in [7, 11) is 0. The molecule has 0 aliphatic heterocycles. The predicted molar refractivity (Wildman–Crippen MR) is 96.0 cm³/mol. The molecule has 0 fully saturated rings. The molecule has 0 aromatic rings. The molecule has 0 aliphatic carbocycles. The van der Waals surface area contributed by atoms with Crippen molar-refractivity contribution in [3.63, 3.8) is 0 Å². The summed E-state index contributed by atoms with van der Waals surface area (Å²) >= 11 is 0. The van der Waals surface area contributed by atoms with Gasteiger partial charge in [-0.2, -0.15) is 0 Å². The van der Waals surface area contributed by atoms with E-state index < -0.39 is 0 Å². The van der Waals surface area contributed by atoms with Gasteiger partial charge in [0, 0.05) is 0 Å². The Kier molecular flexibility index (Phi) is 29.4. The van der Waals surface area contributed by atoms with Gasteiger partial charge in [0.25, 0.3) is 0 Å². The van der Waals surface area contributed by atoms with Crippen LogP contribution in [0.15, 0.2) is 0 Å². The molecule has 3 nitrogen and oxygen atoms in total. The van der Waals surface area contributed by atoms with Gasteiger partial charge in [-0.1, -0.05) is 82.1 Å². The van der Waals surface area contributed by atoms with Gasteiger partial charge in [0.2, 0.25) is 0 Å². The molecule has 0 aromatic carbocycles. The maximum Gasteiger partial charge on any atom is 3.00 e. The Hall–Kier alpha value is 0.763. The van der Waals surface area contributed by atoms with Crippen LogP contribution in [0.2, 0.25) is 0 Å². The number of nitrogens with one attached hydrogen (secondary N) is 1. The van der Waals surface area contributed by atoms with Gasteiger partial charge in [-0.15, -0.1) is 30.2 Å². The van der Waals surface area contributed by atoms with E-state index in [1.165, 1.54) is 0 Å². The van der Waals surface area contributed by atoms with E-state index >= 15 is 0 Å². The Balaban J connectivity index is -0.000000101. The molecular weight excluding hydrogens is 337 g/mol. The smallest absolute Gasteiger partial charge is 0.675 e. The Morgan fingerprint density at radius 2 is 0.810 bits per heavy atom. The van der Waals surface area contributed by atoms with Gasteiger partial charge in [0.1, 0.15) is 0 Å². The molecule has 0 atom stereocenters. The van der Waals surface area contributed by atoms with Crippen LogP contribution in [-0.4, -0.2) is 30.2 Å². The van der Waals surface area contributed by atoms with Crippen LogP contribution in [0, 0.1) is 0 Å². The van der Waals surface area contributed by atoms with Gasteiger partial charge in [-0.05, 0) is 0 Å². The van der Waals surface area contributed by atoms with Crippen molar-refractivity contribution in [2.75, 3.05) is 0 Å². The molecule has 0 saturated heterocycles. The van der Waals surface area contributed by atoms with E-state index in [9.17, 15) is 0 Å². The van der Waals surface area contributed by atoms with Gasteiger partial charge in [0.15, 0.2) is 0 Å². The Bertz CT molecular complexity index is 141. The zero-order chi connectivity index (χ0) is 16.7. The van der Waals surface area contributed by atoms with Gasteiger partial charge in [-0.25, -0.2) is 0 Å². The zero-order valence-corrected chi connectivity index (χ0v) is 18.7. The van der Waals surface area contributed by atoms with E-state index in [1.807, 2.05) is 13.8 Å². The average Bonchev–Trinajstić information content (AvgIpc) is 2.25. The second kappa shape index (κ2) is 20.8. The number of hydrogen-bond acceptors (Lipinski definition) is 0. The van der Waals surface area contributed by atoms with Gasteiger partial charge in [-0.3, -0.25) is 0 Å². The van der Waals surface area contributed by atoms with Crippen molar-refractivity contribution >= 4 is 0 Å². The SMILES string of the molecule is CC(C)[N-]C(C)C.CC(C)[N-]C(C)C.CCC([NH-])CC.[Zr+3]. The monoisotopic (exact) mass is 376 g/mol. The Morgan fingerprint density at radius 1 is 0.619 bits per heavy atom. The fourth-order valence-electron chi connectivity index (χ4n) is 1.48. The van der Waals surface area contributed by atoms with Crippen LogP contribution in [-0.2, 0) is 26.2 Å². The third-order valence-corrected chi connectivity index (χ3v) is 2.18. The van der Waals surface area contributed by atoms with Gasteiger partial charge in [0.05, 0.1) is 0 Å². The molecule has 0 rings (SSSR count). The van der Waals surface area contributed by atoms with Crippen LogP contribution in [0.25, 0.3) is 16.4 Å². The van der Waals surface area contributed by atoms with E-state index in [0.717, 1.165) is 12.8 Å². The minimum Gasteiger partial charge on any atom is -0.675 e. The molecule has 21 heavy (non-hydrogen) atoms. The minimum absolute atomic E-state index is 0. The minimum atomic E-state index is 0. The fraction of sp³-hybridized carbons (Fsp3) is 1.00. The molecule has 0 bridgehead atoms. The van der Waals surface area contributed by atoms with E-state index in [4.69, 9.17) is 5.73 Å². The number of rotatable bonds is 6. The molecular formula is C17H40N3Zr. The molecule has 0 heterocycles. The van der Waals surface area contributed by atoms with E-state index in [-0.39, 0.29) is 32.2 Å². The van der Waals surface area contributed by atoms with Crippen molar-refractivity contribution in [2.24, 2.45) is 0 Å². The zero-order valence-electron chi connectivity index (χ0n) is 16.2. The van der Waals surface area contributed by atoms with Crippen LogP contribution in [0.3, 0.4) is 0 Å². The van der Waals surface area contributed by atoms with Crippen molar-refractivity contribution in [3.8, 4) is 0 Å². The molecule has 0 spiro atoms. The van der Waals surface area contributed by atoms with Crippen LogP contribution >= 0.6 is 0 Å².